The van der Waals surface area contributed by atoms with E-state index in [9.17, 15) is 13.9 Å². The summed E-state index contributed by atoms with van der Waals surface area (Å²) in [7, 11) is 0. The summed E-state index contributed by atoms with van der Waals surface area (Å²) >= 11 is 1.78. The van der Waals surface area contributed by atoms with Crippen LogP contribution < -0.4 is 0 Å². The number of hydrogen-bond donors (Lipinski definition) is 1. The van der Waals surface area contributed by atoms with Crippen LogP contribution in [0.3, 0.4) is 0 Å². The Balaban J connectivity index is 2.07. The maximum Gasteiger partial charge on any atom is 0.129 e. The third-order valence-corrected chi connectivity index (χ3v) is 4.17. The Bertz CT molecular complexity index is 344. The van der Waals surface area contributed by atoms with E-state index in [2.05, 4.69) is 0 Å². The zero-order valence-electron chi connectivity index (χ0n) is 8.83. The molecule has 88 valence electrons. The number of aliphatic hydroxyl groups excluding tert-OH is 1. The summed E-state index contributed by atoms with van der Waals surface area (Å²) < 4.78 is 26.7. The summed E-state index contributed by atoms with van der Waals surface area (Å²) in [4.78, 5) is 0. The first-order valence-electron chi connectivity index (χ1n) is 5.37. The van der Waals surface area contributed by atoms with Gasteiger partial charge in [0.15, 0.2) is 0 Å². The molecule has 1 aromatic rings. The predicted octanol–water partition coefficient (Wildman–Crippen LogP) is 2.62. The van der Waals surface area contributed by atoms with Gasteiger partial charge >= 0.3 is 0 Å². The molecule has 0 saturated carbocycles. The summed E-state index contributed by atoms with van der Waals surface area (Å²) in [5, 5.41) is 9.90. The van der Waals surface area contributed by atoms with Crippen molar-refractivity contribution in [3.63, 3.8) is 0 Å². The summed E-state index contributed by atoms with van der Waals surface area (Å²) in [6, 6.07) is 3.80. The number of hydrogen-bond acceptors (Lipinski definition) is 2. The summed E-state index contributed by atoms with van der Waals surface area (Å²) in [6.07, 6.45) is 0.368. The van der Waals surface area contributed by atoms with Crippen LogP contribution in [0.4, 0.5) is 8.78 Å². The molecule has 0 amide bonds. The van der Waals surface area contributed by atoms with Crippen LogP contribution in [-0.2, 0) is 6.42 Å². The quantitative estimate of drug-likeness (QED) is 0.882. The molecule has 4 heteroatoms. The predicted molar refractivity (Wildman–Crippen MR) is 61.5 cm³/mol. The Morgan fingerprint density at radius 2 is 2.06 bits per heavy atom. The van der Waals surface area contributed by atoms with Crippen LogP contribution in [0.25, 0.3) is 0 Å². The summed E-state index contributed by atoms with van der Waals surface area (Å²) in [5.74, 6) is 0.956. The molecule has 1 fully saturated rings. The minimum Gasteiger partial charge on any atom is -0.392 e. The molecule has 2 rings (SSSR count). The highest BCUT2D eigenvalue weighted by Crippen LogP contribution is 2.28. The molecule has 1 aliphatic heterocycles. The monoisotopic (exact) mass is 244 g/mol. The van der Waals surface area contributed by atoms with Crippen LogP contribution in [0.1, 0.15) is 12.0 Å². The molecule has 1 N–H and O–H groups in total. The third kappa shape index (κ3) is 2.55. The first-order valence-corrected chi connectivity index (χ1v) is 6.52. The smallest absolute Gasteiger partial charge is 0.129 e. The number of benzene rings is 1. The Morgan fingerprint density at radius 1 is 1.38 bits per heavy atom. The second-order valence-electron chi connectivity index (χ2n) is 4.10. The van der Waals surface area contributed by atoms with Gasteiger partial charge in [-0.3, -0.25) is 0 Å². The maximum absolute atomic E-state index is 13.3. The van der Waals surface area contributed by atoms with Crippen molar-refractivity contribution < 1.29 is 13.9 Å². The highest BCUT2D eigenvalue weighted by molar-refractivity contribution is 7.99. The van der Waals surface area contributed by atoms with Crippen molar-refractivity contribution in [3.8, 4) is 0 Å². The van der Waals surface area contributed by atoms with Gasteiger partial charge < -0.3 is 5.11 Å². The van der Waals surface area contributed by atoms with E-state index in [1.165, 1.54) is 18.2 Å². The molecule has 1 heterocycles. The average molecular weight is 244 g/mol. The van der Waals surface area contributed by atoms with Gasteiger partial charge in [-0.25, -0.2) is 8.78 Å². The van der Waals surface area contributed by atoms with Crippen molar-refractivity contribution in [3.05, 3.63) is 35.4 Å². The average Bonchev–Trinajstić information content (AvgIpc) is 2.76. The van der Waals surface area contributed by atoms with Crippen LogP contribution in [0, 0.1) is 17.6 Å². The van der Waals surface area contributed by atoms with Gasteiger partial charge in [-0.05, 0) is 36.0 Å². The van der Waals surface area contributed by atoms with Gasteiger partial charge in [0, 0.05) is 12.0 Å². The van der Waals surface area contributed by atoms with Crippen molar-refractivity contribution in [1.82, 2.24) is 0 Å². The fraction of sp³-hybridized carbons (Fsp3) is 0.500. The minimum absolute atomic E-state index is 0.00639. The second kappa shape index (κ2) is 5.15. The standard InChI is InChI=1S/C12H14F2OS/c13-10-2-1-3-11(14)9(10)6-12(15)8-4-5-16-7-8/h1-3,8,12,15H,4-7H2. The molecule has 0 aliphatic carbocycles. The first kappa shape index (κ1) is 11.9. The Labute approximate surface area is 97.9 Å². The van der Waals surface area contributed by atoms with Crippen LogP contribution in [0.5, 0.6) is 0 Å². The summed E-state index contributed by atoms with van der Waals surface area (Å²) in [6.45, 7) is 0. The molecule has 16 heavy (non-hydrogen) atoms. The number of thioether (sulfide) groups is 1. The summed E-state index contributed by atoms with van der Waals surface area (Å²) in [5.41, 5.74) is 0.00639. The lowest BCUT2D eigenvalue weighted by Gasteiger charge is -2.17. The minimum atomic E-state index is -0.638. The molecular formula is C12H14F2OS. The number of rotatable bonds is 3. The SMILES string of the molecule is OC(Cc1c(F)cccc1F)C1CCSC1. The maximum atomic E-state index is 13.3. The van der Waals surface area contributed by atoms with Crippen LogP contribution in [0.2, 0.25) is 0 Å². The van der Waals surface area contributed by atoms with E-state index in [1.54, 1.807) is 11.8 Å². The lowest BCUT2D eigenvalue weighted by molar-refractivity contribution is 0.118. The molecule has 2 unspecified atom stereocenters. The van der Waals surface area contributed by atoms with E-state index in [-0.39, 0.29) is 17.9 Å². The van der Waals surface area contributed by atoms with Crippen LogP contribution >= 0.6 is 11.8 Å². The van der Waals surface area contributed by atoms with Crippen LogP contribution in [-0.4, -0.2) is 22.7 Å². The largest absolute Gasteiger partial charge is 0.392 e. The van der Waals surface area contributed by atoms with E-state index in [4.69, 9.17) is 0 Å². The molecule has 1 aromatic carbocycles. The topological polar surface area (TPSA) is 20.2 Å². The highest BCUT2D eigenvalue weighted by Gasteiger charge is 2.25. The lowest BCUT2D eigenvalue weighted by atomic mass is 9.95. The fourth-order valence-electron chi connectivity index (χ4n) is 1.96. The van der Waals surface area contributed by atoms with Crippen molar-refractivity contribution in [2.45, 2.75) is 18.9 Å². The van der Waals surface area contributed by atoms with E-state index in [0.29, 0.717) is 0 Å². The normalized spacial score (nSPS) is 22.3. The van der Waals surface area contributed by atoms with Gasteiger partial charge in [0.2, 0.25) is 0 Å². The van der Waals surface area contributed by atoms with Gasteiger partial charge in [0.1, 0.15) is 11.6 Å². The number of aliphatic hydroxyl groups is 1. The Kier molecular flexibility index (Phi) is 3.82. The zero-order chi connectivity index (χ0) is 11.5. The molecule has 0 bridgehead atoms. The van der Waals surface area contributed by atoms with Crippen molar-refractivity contribution in [2.75, 3.05) is 11.5 Å². The first-order chi connectivity index (χ1) is 7.68. The van der Waals surface area contributed by atoms with E-state index in [1.807, 2.05) is 0 Å². The molecule has 1 nitrogen and oxygen atoms in total. The van der Waals surface area contributed by atoms with Gasteiger partial charge in [0.05, 0.1) is 6.10 Å². The van der Waals surface area contributed by atoms with Gasteiger partial charge in [-0.2, -0.15) is 11.8 Å². The van der Waals surface area contributed by atoms with Gasteiger partial charge in [0.25, 0.3) is 0 Å². The molecule has 1 aliphatic rings. The Hall–Kier alpha value is -0.610. The van der Waals surface area contributed by atoms with Gasteiger partial charge in [-0.15, -0.1) is 0 Å². The van der Waals surface area contributed by atoms with E-state index in [0.717, 1.165) is 17.9 Å². The molecule has 0 aromatic heterocycles. The third-order valence-electron chi connectivity index (χ3n) is 2.98. The highest BCUT2D eigenvalue weighted by atomic mass is 32.2. The lowest BCUT2D eigenvalue weighted by Crippen LogP contribution is -2.23. The Morgan fingerprint density at radius 3 is 2.62 bits per heavy atom. The molecule has 1 saturated heterocycles. The van der Waals surface area contributed by atoms with Gasteiger partial charge in [-0.1, -0.05) is 6.07 Å². The zero-order valence-corrected chi connectivity index (χ0v) is 9.64. The fourth-order valence-corrected chi connectivity index (χ4v) is 3.29. The van der Waals surface area contributed by atoms with Crippen LogP contribution in [0.15, 0.2) is 18.2 Å². The van der Waals surface area contributed by atoms with Crippen molar-refractivity contribution in [1.29, 1.82) is 0 Å². The molecule has 0 spiro atoms. The van der Waals surface area contributed by atoms with E-state index < -0.39 is 17.7 Å². The molecular weight excluding hydrogens is 230 g/mol. The van der Waals surface area contributed by atoms with Crippen molar-refractivity contribution in [2.24, 2.45) is 5.92 Å². The number of halogens is 2. The molecule has 0 radical (unpaired) electrons. The van der Waals surface area contributed by atoms with E-state index >= 15 is 0 Å². The molecule has 2 atom stereocenters. The second-order valence-corrected chi connectivity index (χ2v) is 5.25. The van der Waals surface area contributed by atoms with Crippen molar-refractivity contribution >= 4 is 11.8 Å².